The molecule has 0 spiro atoms. The fourth-order valence-corrected chi connectivity index (χ4v) is 0. The Hall–Kier alpha value is 1.12. The van der Waals surface area contributed by atoms with Crippen molar-refractivity contribution >= 4 is 10.4 Å². The van der Waals surface area contributed by atoms with Gasteiger partial charge in [0.05, 0.1) is 0 Å². The van der Waals surface area contributed by atoms with Crippen molar-refractivity contribution in [1.82, 2.24) is 0 Å². The maximum Gasteiger partial charge on any atom is 0.394 e. The Bertz CT molecular complexity index is 94.9. The second kappa shape index (κ2) is 5.26. The molecule has 7 heteroatoms. The Morgan fingerprint density at radius 2 is 1.14 bits per heavy atom. The third-order valence-corrected chi connectivity index (χ3v) is 0. The molecule has 0 rings (SSSR count). The predicted octanol–water partition coefficient (Wildman–Crippen LogP) is -0.658. The van der Waals surface area contributed by atoms with Gasteiger partial charge in [-0.3, -0.25) is 9.11 Å². The topological polar surface area (TPSA) is 74.6 Å². The van der Waals surface area contributed by atoms with Crippen LogP contribution < -0.4 is 0 Å². The largest absolute Gasteiger partial charge is 0.394 e. The molecule has 2 radical (unpaired) electrons. The van der Waals surface area contributed by atoms with Crippen molar-refractivity contribution in [1.29, 1.82) is 0 Å². The Balaban J connectivity index is -0.0000000800. The molecule has 0 heterocycles. The summed E-state index contributed by atoms with van der Waals surface area (Å²) in [6, 6.07) is 0. The van der Waals surface area contributed by atoms with E-state index in [9.17, 15) is 0 Å². The minimum atomic E-state index is -4.67. The SMILES string of the molecule is O=S(=O)(O)O.[Co].[Nb]. The van der Waals surface area contributed by atoms with Gasteiger partial charge in [-0.2, -0.15) is 8.42 Å². The zero-order valence-corrected chi connectivity index (χ0v) is 6.96. The van der Waals surface area contributed by atoms with Gasteiger partial charge in [0, 0.05) is 39.2 Å². The molecular formula is H2CoNbO4S. The van der Waals surface area contributed by atoms with Gasteiger partial charge in [-0.15, -0.1) is 0 Å². The second-order valence-corrected chi connectivity index (χ2v) is 1.34. The summed E-state index contributed by atoms with van der Waals surface area (Å²) in [6.07, 6.45) is 0. The standard InChI is InChI=1S/Co.Nb.H2O4S/c;;1-5(2,3)4/h;;(H2,1,2,3,4). The van der Waals surface area contributed by atoms with Crippen LogP contribution in [-0.2, 0) is 49.6 Å². The molecular weight excluding hydrogens is 248 g/mol. The normalized spacial score (nSPS) is 8.29. The molecule has 0 fully saturated rings. The van der Waals surface area contributed by atoms with Gasteiger partial charge in [-0.05, 0) is 0 Å². The van der Waals surface area contributed by atoms with Crippen LogP contribution in [-0.4, -0.2) is 17.5 Å². The van der Waals surface area contributed by atoms with Crippen LogP contribution in [0, 0.1) is 0 Å². The summed E-state index contributed by atoms with van der Waals surface area (Å²) >= 11 is 0. The number of rotatable bonds is 0. The molecule has 7 heavy (non-hydrogen) atoms. The molecule has 0 bridgehead atoms. The van der Waals surface area contributed by atoms with E-state index in [2.05, 4.69) is 0 Å². The van der Waals surface area contributed by atoms with Crippen LogP contribution in [0.25, 0.3) is 0 Å². The Labute approximate surface area is 67.0 Å². The average Bonchev–Trinajstić information content (AvgIpc) is 0.722. The third-order valence-electron chi connectivity index (χ3n) is 0. The van der Waals surface area contributed by atoms with E-state index in [1.54, 1.807) is 0 Å². The van der Waals surface area contributed by atoms with E-state index in [0.29, 0.717) is 0 Å². The molecule has 4 nitrogen and oxygen atoms in total. The minimum Gasteiger partial charge on any atom is -0.264 e. The van der Waals surface area contributed by atoms with Crippen LogP contribution in [0.5, 0.6) is 0 Å². The predicted molar refractivity (Wildman–Crippen MR) is 14.2 cm³/mol. The summed E-state index contributed by atoms with van der Waals surface area (Å²) < 4.78 is 31.6. The van der Waals surface area contributed by atoms with Crippen LogP contribution in [0.2, 0.25) is 0 Å². The maximum absolute atomic E-state index is 8.74. The molecule has 0 aliphatic rings. The minimum absolute atomic E-state index is 0. The molecule has 46 valence electrons. The Morgan fingerprint density at radius 1 is 1.14 bits per heavy atom. The zero-order valence-electron chi connectivity index (χ0n) is 2.90. The van der Waals surface area contributed by atoms with Crippen LogP contribution >= 0.6 is 0 Å². The molecule has 0 aliphatic heterocycles. The van der Waals surface area contributed by atoms with Gasteiger partial charge >= 0.3 is 10.4 Å². The van der Waals surface area contributed by atoms with Crippen molar-refractivity contribution in [3.05, 3.63) is 0 Å². The van der Waals surface area contributed by atoms with Crippen LogP contribution in [0.4, 0.5) is 0 Å². The number of hydrogen-bond donors (Lipinski definition) is 2. The molecule has 0 aromatic carbocycles. The molecule has 0 unspecified atom stereocenters. The first kappa shape index (κ1) is 15.7. The van der Waals surface area contributed by atoms with Gasteiger partial charge in [0.2, 0.25) is 0 Å². The quantitative estimate of drug-likeness (QED) is 0.442. The molecule has 2 N–H and O–H groups in total. The number of hydrogen-bond acceptors (Lipinski definition) is 2. The van der Waals surface area contributed by atoms with E-state index < -0.39 is 10.4 Å². The maximum atomic E-state index is 8.74. The van der Waals surface area contributed by atoms with E-state index in [0.717, 1.165) is 0 Å². The second-order valence-electron chi connectivity index (χ2n) is 0.448. The van der Waals surface area contributed by atoms with Gasteiger partial charge in [0.1, 0.15) is 0 Å². The van der Waals surface area contributed by atoms with Crippen molar-refractivity contribution in [2.45, 2.75) is 0 Å². The summed E-state index contributed by atoms with van der Waals surface area (Å²) in [7, 11) is -4.67. The van der Waals surface area contributed by atoms with Crippen molar-refractivity contribution in [3.8, 4) is 0 Å². The first-order chi connectivity index (χ1) is 2.00. The first-order valence-electron chi connectivity index (χ1n) is 0.698. The van der Waals surface area contributed by atoms with E-state index in [4.69, 9.17) is 17.5 Å². The van der Waals surface area contributed by atoms with Gasteiger partial charge in [0.15, 0.2) is 0 Å². The molecule has 0 aliphatic carbocycles. The van der Waals surface area contributed by atoms with Crippen molar-refractivity contribution < 1.29 is 56.7 Å². The van der Waals surface area contributed by atoms with Crippen LogP contribution in [0.1, 0.15) is 0 Å². The molecule has 0 atom stereocenters. The fourth-order valence-electron chi connectivity index (χ4n) is 0. The Kier molecular flexibility index (Phi) is 11.8. The fraction of sp³-hybridized carbons (Fsp3) is 0. The summed E-state index contributed by atoms with van der Waals surface area (Å²) in [4.78, 5) is 0. The summed E-state index contributed by atoms with van der Waals surface area (Å²) in [6.45, 7) is 0. The van der Waals surface area contributed by atoms with Gasteiger partial charge in [-0.25, -0.2) is 0 Å². The van der Waals surface area contributed by atoms with Crippen molar-refractivity contribution in [3.63, 3.8) is 0 Å². The molecule has 0 aromatic heterocycles. The van der Waals surface area contributed by atoms with Crippen molar-refractivity contribution in [2.75, 3.05) is 0 Å². The first-order valence-corrected chi connectivity index (χ1v) is 2.10. The van der Waals surface area contributed by atoms with E-state index >= 15 is 0 Å². The molecule has 0 aromatic rings. The summed E-state index contributed by atoms with van der Waals surface area (Å²) in [5.74, 6) is 0. The zero-order chi connectivity index (χ0) is 4.50. The smallest absolute Gasteiger partial charge is 0.264 e. The van der Waals surface area contributed by atoms with Gasteiger partial charge < -0.3 is 0 Å². The van der Waals surface area contributed by atoms with Gasteiger partial charge in [0.25, 0.3) is 0 Å². The summed E-state index contributed by atoms with van der Waals surface area (Å²) in [5, 5.41) is 0. The van der Waals surface area contributed by atoms with Crippen molar-refractivity contribution in [2.24, 2.45) is 0 Å². The van der Waals surface area contributed by atoms with Crippen LogP contribution in [0.15, 0.2) is 0 Å². The van der Waals surface area contributed by atoms with Gasteiger partial charge in [-0.1, -0.05) is 0 Å². The monoisotopic (exact) mass is 250 g/mol. The van der Waals surface area contributed by atoms with E-state index in [1.807, 2.05) is 0 Å². The van der Waals surface area contributed by atoms with Crippen LogP contribution in [0.3, 0.4) is 0 Å². The third kappa shape index (κ3) is 149. The molecule has 0 amide bonds. The Morgan fingerprint density at radius 3 is 1.14 bits per heavy atom. The van der Waals surface area contributed by atoms with E-state index in [1.165, 1.54) is 0 Å². The average molecular weight is 250 g/mol. The van der Waals surface area contributed by atoms with E-state index in [-0.39, 0.29) is 39.2 Å². The molecule has 0 saturated heterocycles. The molecule has 0 saturated carbocycles. The summed E-state index contributed by atoms with van der Waals surface area (Å²) in [5.41, 5.74) is 0.